The number of hydrogen-bond acceptors (Lipinski definition) is 4. The summed E-state index contributed by atoms with van der Waals surface area (Å²) in [6.07, 6.45) is 3.74. The largest absolute Gasteiger partial charge is 0.484 e. The highest BCUT2D eigenvalue weighted by Gasteiger charge is 2.19. The molecule has 1 aliphatic rings. The highest BCUT2D eigenvalue weighted by molar-refractivity contribution is 5.92. The third kappa shape index (κ3) is 4.04. The van der Waals surface area contributed by atoms with Crippen LogP contribution in [0.25, 0.3) is 11.0 Å². The number of carbonyl (C=O) groups excluding carboxylic acids is 1. The molecule has 0 unspecified atom stereocenters. The van der Waals surface area contributed by atoms with Gasteiger partial charge in [-0.3, -0.25) is 4.79 Å². The van der Waals surface area contributed by atoms with Crippen molar-refractivity contribution in [3.05, 3.63) is 69.6 Å². The minimum Gasteiger partial charge on any atom is -0.484 e. The molecule has 1 N–H and O–H groups in total. The van der Waals surface area contributed by atoms with Gasteiger partial charge in [0.05, 0.1) is 0 Å². The van der Waals surface area contributed by atoms with E-state index in [4.69, 9.17) is 9.15 Å². The van der Waals surface area contributed by atoms with Crippen LogP contribution in [-0.2, 0) is 17.6 Å². The van der Waals surface area contributed by atoms with Crippen molar-refractivity contribution in [2.75, 3.05) is 11.9 Å². The fraction of sp³-hybridized carbons (Fsp3) is 0.333. The Kier molecular flexibility index (Phi) is 5.38. The normalized spacial score (nSPS) is 13.9. The van der Waals surface area contributed by atoms with E-state index in [0.29, 0.717) is 17.3 Å². The third-order valence-electron chi connectivity index (χ3n) is 5.69. The maximum Gasteiger partial charge on any atom is 0.339 e. The second kappa shape index (κ2) is 8.11. The van der Waals surface area contributed by atoms with E-state index < -0.39 is 0 Å². The third-order valence-corrected chi connectivity index (χ3v) is 5.69. The average Bonchev–Trinajstić information content (AvgIpc) is 3.23. The van der Waals surface area contributed by atoms with Crippen molar-refractivity contribution in [1.82, 2.24) is 0 Å². The van der Waals surface area contributed by atoms with E-state index >= 15 is 0 Å². The summed E-state index contributed by atoms with van der Waals surface area (Å²) in [5, 5.41) is 3.79. The van der Waals surface area contributed by atoms with Gasteiger partial charge < -0.3 is 14.5 Å². The number of anilines is 1. The first-order valence-corrected chi connectivity index (χ1v) is 10.2. The lowest BCUT2D eigenvalue weighted by molar-refractivity contribution is -0.118. The predicted molar refractivity (Wildman–Crippen MR) is 114 cm³/mol. The van der Waals surface area contributed by atoms with Crippen molar-refractivity contribution in [2.24, 2.45) is 0 Å². The average molecular weight is 391 g/mol. The van der Waals surface area contributed by atoms with E-state index in [1.165, 1.54) is 5.56 Å². The maximum absolute atomic E-state index is 12.2. The van der Waals surface area contributed by atoms with Gasteiger partial charge in [-0.05, 0) is 67.0 Å². The summed E-state index contributed by atoms with van der Waals surface area (Å²) in [6.45, 7) is 4.22. The monoisotopic (exact) mass is 391 g/mol. The molecule has 4 rings (SSSR count). The van der Waals surface area contributed by atoms with Crippen LogP contribution in [0.2, 0.25) is 0 Å². The number of amides is 1. The highest BCUT2D eigenvalue weighted by Crippen LogP contribution is 2.29. The summed E-state index contributed by atoms with van der Waals surface area (Å²) in [7, 11) is 0. The topological polar surface area (TPSA) is 68.5 Å². The van der Waals surface area contributed by atoms with Crippen molar-refractivity contribution < 1.29 is 13.9 Å². The minimum absolute atomic E-state index is 0.117. The summed E-state index contributed by atoms with van der Waals surface area (Å²) < 4.78 is 11.1. The number of ether oxygens (including phenoxy) is 1. The summed E-state index contributed by atoms with van der Waals surface area (Å²) >= 11 is 0. The van der Waals surface area contributed by atoms with E-state index in [2.05, 4.69) is 19.2 Å². The Morgan fingerprint density at radius 3 is 2.66 bits per heavy atom. The van der Waals surface area contributed by atoms with Crippen LogP contribution in [0.5, 0.6) is 5.75 Å². The van der Waals surface area contributed by atoms with E-state index in [9.17, 15) is 9.59 Å². The first-order valence-electron chi connectivity index (χ1n) is 10.2. The lowest BCUT2D eigenvalue weighted by atomic mass is 9.99. The molecule has 29 heavy (non-hydrogen) atoms. The van der Waals surface area contributed by atoms with Crippen LogP contribution in [0.3, 0.4) is 0 Å². The van der Waals surface area contributed by atoms with Gasteiger partial charge in [0.25, 0.3) is 5.91 Å². The first-order chi connectivity index (χ1) is 14.0. The molecule has 0 saturated heterocycles. The molecule has 0 saturated carbocycles. The fourth-order valence-corrected chi connectivity index (χ4v) is 3.83. The number of fused-ring (bicyclic) bond motifs is 3. The maximum atomic E-state index is 12.2. The van der Waals surface area contributed by atoms with Gasteiger partial charge in [-0.1, -0.05) is 26.0 Å². The molecule has 1 aromatic heterocycles. The molecule has 5 nitrogen and oxygen atoms in total. The molecule has 0 bridgehead atoms. The molecule has 1 atom stereocenters. The molecule has 1 amide bonds. The molecule has 1 heterocycles. The molecule has 0 fully saturated rings. The number of rotatable bonds is 6. The number of benzene rings is 2. The summed E-state index contributed by atoms with van der Waals surface area (Å²) in [5.74, 6) is 0.759. The molecule has 5 heteroatoms. The quantitative estimate of drug-likeness (QED) is 0.612. The van der Waals surface area contributed by atoms with Crippen LogP contribution >= 0.6 is 0 Å². The van der Waals surface area contributed by atoms with Crippen molar-refractivity contribution >= 4 is 22.6 Å². The number of aryl methyl sites for hydroxylation is 1. The molecule has 0 spiro atoms. The van der Waals surface area contributed by atoms with Gasteiger partial charge in [-0.2, -0.15) is 0 Å². The fourth-order valence-electron chi connectivity index (χ4n) is 3.83. The van der Waals surface area contributed by atoms with Crippen molar-refractivity contribution in [2.45, 2.75) is 45.4 Å². The summed E-state index contributed by atoms with van der Waals surface area (Å²) in [5.41, 5.74) is 4.12. The van der Waals surface area contributed by atoms with E-state index in [1.807, 2.05) is 36.4 Å². The Morgan fingerprint density at radius 2 is 1.90 bits per heavy atom. The van der Waals surface area contributed by atoms with Gasteiger partial charge in [0.1, 0.15) is 11.3 Å². The summed E-state index contributed by atoms with van der Waals surface area (Å²) in [4.78, 5) is 24.3. The Hall–Kier alpha value is -3.08. The lowest BCUT2D eigenvalue weighted by Gasteiger charge is -2.11. The first kappa shape index (κ1) is 19.2. The molecule has 3 aromatic rings. The Morgan fingerprint density at radius 1 is 1.14 bits per heavy atom. The van der Waals surface area contributed by atoms with Crippen LogP contribution < -0.4 is 15.7 Å². The van der Waals surface area contributed by atoms with E-state index in [-0.39, 0.29) is 18.1 Å². The number of hydrogen-bond donors (Lipinski definition) is 1. The minimum atomic E-state index is -0.263. The predicted octanol–water partition coefficient (Wildman–Crippen LogP) is 4.81. The molecular formula is C24H25NO4. The van der Waals surface area contributed by atoms with Crippen LogP contribution in [0.1, 0.15) is 49.3 Å². The molecule has 0 aliphatic heterocycles. The van der Waals surface area contributed by atoms with Crippen LogP contribution in [0.15, 0.2) is 51.7 Å². The Balaban J connectivity index is 1.41. The number of carbonyl (C=O) groups is 1. The molecular weight excluding hydrogens is 366 g/mol. The van der Waals surface area contributed by atoms with Crippen LogP contribution in [0.4, 0.5) is 5.69 Å². The Labute approximate surface area is 169 Å². The summed E-state index contributed by atoms with van der Waals surface area (Å²) in [6, 6.07) is 13.3. The molecule has 150 valence electrons. The van der Waals surface area contributed by atoms with Gasteiger partial charge in [-0.25, -0.2) is 4.79 Å². The molecule has 2 aromatic carbocycles. The van der Waals surface area contributed by atoms with Gasteiger partial charge >= 0.3 is 5.63 Å². The number of nitrogens with one attached hydrogen (secondary N) is 1. The van der Waals surface area contributed by atoms with Gasteiger partial charge in [-0.15, -0.1) is 0 Å². The zero-order chi connectivity index (χ0) is 20.4. The second-order valence-electron chi connectivity index (χ2n) is 7.63. The standard InChI is InChI=1S/C24H25NO4/c1-3-15(2)16-7-9-17(10-8-16)25-23(26)14-28-18-11-12-20-19-5-4-6-21(19)24(27)29-22(20)13-18/h7-13,15H,3-6,14H2,1-2H3,(H,25,26)/t15-/m1/s1. The lowest BCUT2D eigenvalue weighted by Crippen LogP contribution is -2.20. The van der Waals surface area contributed by atoms with Crippen molar-refractivity contribution in [3.8, 4) is 5.75 Å². The van der Waals surface area contributed by atoms with Crippen LogP contribution in [0, 0.1) is 0 Å². The van der Waals surface area contributed by atoms with E-state index in [1.54, 1.807) is 6.07 Å². The highest BCUT2D eigenvalue weighted by atomic mass is 16.5. The smallest absolute Gasteiger partial charge is 0.339 e. The van der Waals surface area contributed by atoms with Gasteiger partial charge in [0.15, 0.2) is 6.61 Å². The SMILES string of the molecule is CC[C@@H](C)c1ccc(NC(=O)COc2ccc3c4c(c(=O)oc3c2)CCC4)cc1. The molecule has 1 aliphatic carbocycles. The van der Waals surface area contributed by atoms with Crippen molar-refractivity contribution in [1.29, 1.82) is 0 Å². The van der Waals surface area contributed by atoms with Gasteiger partial charge in [0, 0.05) is 22.7 Å². The van der Waals surface area contributed by atoms with E-state index in [0.717, 1.165) is 47.9 Å². The second-order valence-corrected chi connectivity index (χ2v) is 7.63. The van der Waals surface area contributed by atoms with Crippen molar-refractivity contribution in [3.63, 3.8) is 0 Å². The van der Waals surface area contributed by atoms with Gasteiger partial charge in [0.2, 0.25) is 0 Å². The zero-order valence-electron chi connectivity index (χ0n) is 16.8. The zero-order valence-corrected chi connectivity index (χ0v) is 16.8. The van der Waals surface area contributed by atoms with Crippen LogP contribution in [-0.4, -0.2) is 12.5 Å². The molecule has 0 radical (unpaired) electrons. The Bertz CT molecular complexity index is 1100.